The number of fused-ring (bicyclic) bond motifs is 1. The van der Waals surface area contributed by atoms with Crippen LogP contribution in [0.2, 0.25) is 36.3 Å². The molecular formula is C38H70O4Si2. The third-order valence-electron chi connectivity index (χ3n) is 12.4. The van der Waals surface area contributed by atoms with E-state index in [2.05, 4.69) is 100 Å². The smallest absolute Gasteiger partial charge is 0.192 e. The standard InChI is InChI=1S/C38H70O4Si2/c1-27-30(25-31(41-43(12,13)35(3,4)5)26-34(27)42-44(14,15)36(6,7)8)19-18-29-17-16-22-38(11)32(20-21-33(29)38)28(2)40-24-23-37(9,10)39/h18-19,28,31-34,39H,1,16-17,20-26H2,2-15H3. The number of hydrogen-bond acceptors (Lipinski definition) is 4. The largest absolute Gasteiger partial charge is 0.413 e. The molecule has 3 aliphatic carbocycles. The van der Waals surface area contributed by atoms with Crippen molar-refractivity contribution in [1.29, 1.82) is 0 Å². The molecule has 0 saturated heterocycles. The van der Waals surface area contributed by atoms with E-state index < -0.39 is 22.2 Å². The number of aliphatic hydroxyl groups is 1. The van der Waals surface area contributed by atoms with Crippen molar-refractivity contribution in [2.24, 2.45) is 17.3 Å². The fourth-order valence-electron chi connectivity index (χ4n) is 7.43. The van der Waals surface area contributed by atoms with Gasteiger partial charge >= 0.3 is 0 Å². The fourth-order valence-corrected chi connectivity index (χ4v) is 10.1. The van der Waals surface area contributed by atoms with Crippen LogP contribution in [0.25, 0.3) is 0 Å². The summed E-state index contributed by atoms with van der Waals surface area (Å²) in [7, 11) is -3.92. The zero-order valence-electron chi connectivity index (χ0n) is 31.3. The molecule has 0 bridgehead atoms. The molecule has 0 aromatic heterocycles. The monoisotopic (exact) mass is 646 g/mol. The molecule has 0 heterocycles. The molecule has 0 aromatic carbocycles. The van der Waals surface area contributed by atoms with Crippen molar-refractivity contribution in [3.63, 3.8) is 0 Å². The molecule has 0 aliphatic heterocycles. The van der Waals surface area contributed by atoms with Crippen LogP contribution < -0.4 is 0 Å². The summed E-state index contributed by atoms with van der Waals surface area (Å²) >= 11 is 0. The SMILES string of the molecule is C=C1C(=CC=C2CCCC3(C)C2CCC3C(C)OCCC(C)(C)O)CC(O[Si](C)(C)C(C)(C)C)CC1O[Si](C)(C)C(C)(C)C. The molecule has 3 aliphatic rings. The minimum Gasteiger partial charge on any atom is -0.413 e. The normalized spacial score (nSPS) is 31.9. The molecular weight excluding hydrogens is 577 g/mol. The Kier molecular flexibility index (Phi) is 11.7. The molecule has 6 atom stereocenters. The second-order valence-electron chi connectivity index (χ2n) is 18.5. The maximum Gasteiger partial charge on any atom is 0.192 e. The zero-order chi connectivity index (χ0) is 33.5. The summed E-state index contributed by atoms with van der Waals surface area (Å²) < 4.78 is 20.5. The lowest BCUT2D eigenvalue weighted by Gasteiger charge is -2.45. The molecule has 6 heteroatoms. The van der Waals surface area contributed by atoms with Crippen LogP contribution in [0.5, 0.6) is 0 Å². The van der Waals surface area contributed by atoms with Gasteiger partial charge in [-0.15, -0.1) is 0 Å². The molecule has 3 fully saturated rings. The van der Waals surface area contributed by atoms with Crippen molar-refractivity contribution in [1.82, 2.24) is 0 Å². The van der Waals surface area contributed by atoms with Crippen molar-refractivity contribution in [2.45, 2.75) is 181 Å². The number of allylic oxidation sites excluding steroid dienone is 3. The van der Waals surface area contributed by atoms with Crippen molar-refractivity contribution in [3.05, 3.63) is 35.5 Å². The minimum atomic E-state index is -1.98. The van der Waals surface area contributed by atoms with Crippen molar-refractivity contribution in [3.8, 4) is 0 Å². The molecule has 3 rings (SSSR count). The van der Waals surface area contributed by atoms with Gasteiger partial charge in [-0.1, -0.05) is 72.8 Å². The van der Waals surface area contributed by atoms with Gasteiger partial charge in [0, 0.05) is 13.0 Å². The van der Waals surface area contributed by atoms with E-state index in [0.29, 0.717) is 24.9 Å². The first-order valence-electron chi connectivity index (χ1n) is 17.7. The molecule has 0 radical (unpaired) electrons. The lowest BCUT2D eigenvalue weighted by molar-refractivity contribution is -0.0454. The summed E-state index contributed by atoms with van der Waals surface area (Å²) in [5.41, 5.74) is 3.68. The summed E-state index contributed by atoms with van der Waals surface area (Å²) in [5, 5.41) is 10.5. The highest BCUT2D eigenvalue weighted by molar-refractivity contribution is 6.74. The van der Waals surface area contributed by atoms with E-state index in [9.17, 15) is 5.11 Å². The summed E-state index contributed by atoms with van der Waals surface area (Å²) in [4.78, 5) is 0. The Morgan fingerprint density at radius 3 is 2.11 bits per heavy atom. The maximum atomic E-state index is 10.2. The molecule has 4 nitrogen and oxygen atoms in total. The van der Waals surface area contributed by atoms with E-state index in [1.54, 1.807) is 5.57 Å². The summed E-state index contributed by atoms with van der Waals surface area (Å²) in [6.45, 7) is 37.2. The third-order valence-corrected chi connectivity index (χ3v) is 21.5. The predicted molar refractivity (Wildman–Crippen MR) is 193 cm³/mol. The summed E-state index contributed by atoms with van der Waals surface area (Å²) in [6.07, 6.45) is 13.9. The molecule has 0 spiro atoms. The van der Waals surface area contributed by atoms with E-state index in [1.807, 2.05) is 13.8 Å². The Balaban J connectivity index is 1.86. The van der Waals surface area contributed by atoms with E-state index in [4.69, 9.17) is 13.6 Å². The first-order valence-corrected chi connectivity index (χ1v) is 23.5. The Morgan fingerprint density at radius 1 is 0.955 bits per heavy atom. The van der Waals surface area contributed by atoms with Gasteiger partial charge in [-0.25, -0.2) is 0 Å². The van der Waals surface area contributed by atoms with Gasteiger partial charge in [0.15, 0.2) is 16.6 Å². The van der Waals surface area contributed by atoms with E-state index >= 15 is 0 Å². The van der Waals surface area contributed by atoms with Crippen LogP contribution in [0.15, 0.2) is 35.5 Å². The highest BCUT2D eigenvalue weighted by Crippen LogP contribution is 2.58. The average molecular weight is 647 g/mol. The van der Waals surface area contributed by atoms with Crippen LogP contribution in [0.3, 0.4) is 0 Å². The van der Waals surface area contributed by atoms with Gasteiger partial charge in [-0.05, 0) is 130 Å². The first-order chi connectivity index (χ1) is 19.9. The van der Waals surface area contributed by atoms with Gasteiger partial charge in [0.05, 0.1) is 23.9 Å². The van der Waals surface area contributed by atoms with E-state index in [0.717, 1.165) is 12.8 Å². The van der Waals surface area contributed by atoms with E-state index in [-0.39, 0.29) is 33.8 Å². The van der Waals surface area contributed by atoms with Gasteiger partial charge < -0.3 is 18.7 Å². The van der Waals surface area contributed by atoms with E-state index in [1.165, 1.54) is 43.3 Å². The van der Waals surface area contributed by atoms with Crippen LogP contribution in [-0.4, -0.2) is 52.3 Å². The maximum absolute atomic E-state index is 10.2. The molecule has 1 N–H and O–H groups in total. The van der Waals surface area contributed by atoms with Gasteiger partial charge in [0.1, 0.15) is 0 Å². The van der Waals surface area contributed by atoms with Gasteiger partial charge in [0.2, 0.25) is 0 Å². The highest BCUT2D eigenvalue weighted by Gasteiger charge is 2.51. The van der Waals surface area contributed by atoms with Crippen LogP contribution in [0, 0.1) is 17.3 Å². The number of rotatable bonds is 10. The van der Waals surface area contributed by atoms with Crippen LogP contribution in [0.1, 0.15) is 121 Å². The topological polar surface area (TPSA) is 47.9 Å². The second-order valence-corrected chi connectivity index (χ2v) is 28.0. The van der Waals surface area contributed by atoms with Gasteiger partial charge in [0.25, 0.3) is 0 Å². The minimum absolute atomic E-state index is 0.0124. The quantitative estimate of drug-likeness (QED) is 0.240. The van der Waals surface area contributed by atoms with Crippen molar-refractivity contribution in [2.75, 3.05) is 6.61 Å². The van der Waals surface area contributed by atoms with Crippen LogP contribution >= 0.6 is 0 Å². The molecule has 254 valence electrons. The second kappa shape index (κ2) is 13.5. The summed E-state index contributed by atoms with van der Waals surface area (Å²) in [6, 6.07) is 0. The Labute approximate surface area is 274 Å². The lowest BCUT2D eigenvalue weighted by Crippen LogP contribution is -2.49. The third kappa shape index (κ3) is 8.89. The number of ether oxygens (including phenoxy) is 1. The van der Waals surface area contributed by atoms with Crippen LogP contribution in [-0.2, 0) is 13.6 Å². The number of hydrogen-bond donors (Lipinski definition) is 1. The highest BCUT2D eigenvalue weighted by atomic mass is 28.4. The predicted octanol–water partition coefficient (Wildman–Crippen LogP) is 10.8. The van der Waals surface area contributed by atoms with Crippen LogP contribution in [0.4, 0.5) is 0 Å². The molecule has 3 saturated carbocycles. The molecule has 0 aromatic rings. The Hall–Kier alpha value is -0.506. The lowest BCUT2D eigenvalue weighted by atomic mass is 9.62. The fraction of sp³-hybridized carbons (Fsp3) is 0.842. The van der Waals surface area contributed by atoms with Crippen molar-refractivity contribution < 1.29 is 18.7 Å². The average Bonchev–Trinajstić information content (AvgIpc) is 3.20. The molecule has 0 amide bonds. The van der Waals surface area contributed by atoms with Gasteiger partial charge in [-0.2, -0.15) is 0 Å². The Bertz CT molecular complexity index is 1070. The summed E-state index contributed by atoms with van der Waals surface area (Å²) in [5.74, 6) is 1.16. The first kappa shape index (κ1) is 37.9. The zero-order valence-corrected chi connectivity index (χ0v) is 33.3. The molecule has 6 unspecified atom stereocenters. The van der Waals surface area contributed by atoms with Gasteiger partial charge in [-0.3, -0.25) is 0 Å². The molecule has 44 heavy (non-hydrogen) atoms. The Morgan fingerprint density at radius 2 is 1.55 bits per heavy atom. The van der Waals surface area contributed by atoms with Crippen molar-refractivity contribution >= 4 is 16.6 Å².